The van der Waals surface area contributed by atoms with Gasteiger partial charge in [-0.15, -0.1) is 0 Å². The predicted octanol–water partition coefficient (Wildman–Crippen LogP) is 6.79. The zero-order chi connectivity index (χ0) is 23.9. The first-order valence-corrected chi connectivity index (χ1v) is 11.6. The first-order valence-electron chi connectivity index (χ1n) is 11.6. The molecule has 6 rings (SSSR count). The number of esters is 1. The van der Waals surface area contributed by atoms with Crippen molar-refractivity contribution in [3.63, 3.8) is 0 Å². The van der Waals surface area contributed by atoms with Crippen LogP contribution in [-0.4, -0.2) is 10.9 Å². The van der Waals surface area contributed by atoms with Crippen molar-refractivity contribution >= 4 is 28.1 Å². The third kappa shape index (κ3) is 3.73. The fraction of sp³-hybridized carbons (Fsp3) is 0.138. The first-order chi connectivity index (χ1) is 17.1. The Labute approximate surface area is 202 Å². The highest BCUT2D eigenvalue weighted by Gasteiger charge is 2.39. The Hall–Kier alpha value is -4.45. The highest BCUT2D eigenvalue weighted by molar-refractivity contribution is 5.98. The fourth-order valence-corrected chi connectivity index (χ4v) is 5.35. The van der Waals surface area contributed by atoms with Gasteiger partial charge in [0.1, 0.15) is 5.75 Å². The average Bonchev–Trinajstić information content (AvgIpc) is 3.38. The lowest BCUT2D eigenvalue weighted by atomic mass is 9.76. The Morgan fingerprint density at radius 2 is 1.77 bits per heavy atom. The number of nitro groups is 1. The SMILES string of the molecule is O=C(Oc1ccc2ccccc2c1)c1cccc2c1N[C@@H](c1cccc([N+](=O)[O-])c1)[C@@H]1CC=C[C@H]21. The van der Waals surface area contributed by atoms with Gasteiger partial charge in [0.25, 0.3) is 5.69 Å². The summed E-state index contributed by atoms with van der Waals surface area (Å²) in [6.45, 7) is 0. The highest BCUT2D eigenvalue weighted by Crippen LogP contribution is 2.51. The number of para-hydroxylation sites is 1. The largest absolute Gasteiger partial charge is 0.423 e. The van der Waals surface area contributed by atoms with Crippen LogP contribution < -0.4 is 10.1 Å². The highest BCUT2D eigenvalue weighted by atomic mass is 16.6. The Balaban J connectivity index is 1.36. The molecule has 0 saturated carbocycles. The zero-order valence-corrected chi connectivity index (χ0v) is 18.8. The number of hydrogen-bond donors (Lipinski definition) is 1. The van der Waals surface area contributed by atoms with E-state index in [4.69, 9.17) is 4.74 Å². The molecular formula is C29H22N2O4. The lowest BCUT2D eigenvalue weighted by Gasteiger charge is -2.38. The third-order valence-electron chi connectivity index (χ3n) is 6.99. The summed E-state index contributed by atoms with van der Waals surface area (Å²) in [6, 6.07) is 25.7. The zero-order valence-electron chi connectivity index (χ0n) is 18.8. The van der Waals surface area contributed by atoms with Gasteiger partial charge in [-0.2, -0.15) is 0 Å². The van der Waals surface area contributed by atoms with Gasteiger partial charge in [0, 0.05) is 18.1 Å². The normalized spacial score (nSPS) is 20.1. The van der Waals surface area contributed by atoms with Crippen molar-refractivity contribution in [3.8, 4) is 5.75 Å². The molecule has 3 atom stereocenters. The summed E-state index contributed by atoms with van der Waals surface area (Å²) in [5.74, 6) is 0.360. The molecule has 0 radical (unpaired) electrons. The van der Waals surface area contributed by atoms with E-state index < -0.39 is 5.97 Å². The third-order valence-corrected chi connectivity index (χ3v) is 6.99. The molecule has 0 spiro atoms. The van der Waals surface area contributed by atoms with Crippen molar-refractivity contribution in [2.75, 3.05) is 5.32 Å². The van der Waals surface area contributed by atoms with Crippen molar-refractivity contribution in [3.05, 3.63) is 124 Å². The number of benzene rings is 4. The molecule has 0 aromatic heterocycles. The number of nitrogens with zero attached hydrogens (tertiary/aromatic N) is 1. The van der Waals surface area contributed by atoms with Gasteiger partial charge in [0.05, 0.1) is 22.2 Å². The summed E-state index contributed by atoms with van der Waals surface area (Å²) in [5, 5.41) is 17.0. The summed E-state index contributed by atoms with van der Waals surface area (Å²) >= 11 is 0. The topological polar surface area (TPSA) is 81.5 Å². The van der Waals surface area contributed by atoms with Crippen LogP contribution in [0.15, 0.2) is 97.1 Å². The first kappa shape index (κ1) is 21.1. The number of rotatable bonds is 4. The van der Waals surface area contributed by atoms with Crippen LogP contribution in [0.3, 0.4) is 0 Å². The van der Waals surface area contributed by atoms with E-state index in [0.717, 1.165) is 34.0 Å². The molecule has 172 valence electrons. The van der Waals surface area contributed by atoms with Crippen LogP contribution >= 0.6 is 0 Å². The second-order valence-corrected chi connectivity index (χ2v) is 9.00. The summed E-state index contributed by atoms with van der Waals surface area (Å²) in [7, 11) is 0. The van der Waals surface area contributed by atoms with Gasteiger partial charge >= 0.3 is 5.97 Å². The number of fused-ring (bicyclic) bond motifs is 4. The minimum atomic E-state index is -0.442. The van der Waals surface area contributed by atoms with Gasteiger partial charge in [0.15, 0.2) is 0 Å². The fourth-order valence-electron chi connectivity index (χ4n) is 5.35. The quantitative estimate of drug-likeness (QED) is 0.119. The molecule has 1 aliphatic carbocycles. The van der Waals surface area contributed by atoms with Crippen LogP contribution in [0, 0.1) is 16.0 Å². The van der Waals surface area contributed by atoms with Crippen LogP contribution in [-0.2, 0) is 0 Å². The van der Waals surface area contributed by atoms with E-state index in [-0.39, 0.29) is 28.5 Å². The molecule has 6 nitrogen and oxygen atoms in total. The number of hydrogen-bond acceptors (Lipinski definition) is 5. The molecule has 0 fully saturated rings. The van der Waals surface area contributed by atoms with Crippen molar-refractivity contribution in [1.29, 1.82) is 0 Å². The molecule has 0 saturated heterocycles. The second-order valence-electron chi connectivity index (χ2n) is 9.00. The Morgan fingerprint density at radius 3 is 2.63 bits per heavy atom. The molecule has 4 aromatic rings. The molecule has 1 heterocycles. The van der Waals surface area contributed by atoms with Crippen molar-refractivity contribution in [2.45, 2.75) is 18.4 Å². The number of nitrogens with one attached hydrogen (secondary N) is 1. The summed E-state index contributed by atoms with van der Waals surface area (Å²) in [5.41, 5.74) is 3.11. The lowest BCUT2D eigenvalue weighted by molar-refractivity contribution is -0.384. The van der Waals surface area contributed by atoms with Crippen LogP contribution in [0.2, 0.25) is 0 Å². The molecule has 35 heavy (non-hydrogen) atoms. The molecule has 6 heteroatoms. The monoisotopic (exact) mass is 462 g/mol. The molecule has 0 unspecified atom stereocenters. The summed E-state index contributed by atoms with van der Waals surface area (Å²) in [4.78, 5) is 24.3. The molecule has 1 N–H and O–H groups in total. The molecular weight excluding hydrogens is 440 g/mol. The van der Waals surface area contributed by atoms with E-state index in [1.807, 2.05) is 54.6 Å². The molecule has 4 aromatic carbocycles. The predicted molar refractivity (Wildman–Crippen MR) is 135 cm³/mol. The van der Waals surface area contributed by atoms with Crippen molar-refractivity contribution in [1.82, 2.24) is 0 Å². The van der Waals surface area contributed by atoms with Gasteiger partial charge in [-0.3, -0.25) is 10.1 Å². The van der Waals surface area contributed by atoms with E-state index in [9.17, 15) is 14.9 Å². The number of carbonyl (C=O) groups excluding carboxylic acids is 1. The average molecular weight is 463 g/mol. The van der Waals surface area contributed by atoms with Gasteiger partial charge < -0.3 is 10.1 Å². The lowest BCUT2D eigenvalue weighted by Crippen LogP contribution is -2.30. The van der Waals surface area contributed by atoms with Gasteiger partial charge in [-0.25, -0.2) is 4.79 Å². The molecule has 0 amide bonds. The van der Waals surface area contributed by atoms with Gasteiger partial charge in [0.2, 0.25) is 0 Å². The molecule has 2 aliphatic rings. The smallest absolute Gasteiger partial charge is 0.345 e. The van der Waals surface area contributed by atoms with Crippen LogP contribution in [0.5, 0.6) is 5.75 Å². The summed E-state index contributed by atoms with van der Waals surface area (Å²) in [6.07, 6.45) is 5.18. The summed E-state index contributed by atoms with van der Waals surface area (Å²) < 4.78 is 5.79. The van der Waals surface area contributed by atoms with Crippen LogP contribution in [0.1, 0.15) is 39.9 Å². The number of nitro benzene ring substituents is 1. The van der Waals surface area contributed by atoms with E-state index in [0.29, 0.717) is 11.3 Å². The van der Waals surface area contributed by atoms with Gasteiger partial charge in [-0.05, 0) is 52.4 Å². The molecule has 0 bridgehead atoms. The number of ether oxygens (including phenoxy) is 1. The van der Waals surface area contributed by atoms with Crippen LogP contribution in [0.4, 0.5) is 11.4 Å². The van der Waals surface area contributed by atoms with E-state index in [2.05, 4.69) is 17.5 Å². The van der Waals surface area contributed by atoms with Gasteiger partial charge in [-0.1, -0.05) is 66.7 Å². The maximum atomic E-state index is 13.3. The van der Waals surface area contributed by atoms with E-state index in [1.54, 1.807) is 24.3 Å². The second kappa shape index (κ2) is 8.40. The maximum absolute atomic E-state index is 13.3. The maximum Gasteiger partial charge on any atom is 0.345 e. The number of anilines is 1. The Morgan fingerprint density at radius 1 is 0.943 bits per heavy atom. The Bertz CT molecular complexity index is 1510. The standard InChI is InChI=1S/C29H22N2O4/c32-29(35-22-15-14-18-6-1-2-7-19(18)17-22)26-13-5-12-25-23-10-4-11-24(23)27(30-28(25)26)20-8-3-9-21(16-20)31(33)34/h1-10,12-17,23-24,27,30H,11H2/t23-,24+,27-/m0/s1. The Kier molecular flexibility index (Phi) is 5.07. The van der Waals surface area contributed by atoms with Crippen molar-refractivity contribution in [2.24, 2.45) is 5.92 Å². The number of non-ortho nitro benzene ring substituents is 1. The van der Waals surface area contributed by atoms with Crippen molar-refractivity contribution < 1.29 is 14.5 Å². The van der Waals surface area contributed by atoms with E-state index in [1.165, 1.54) is 6.07 Å². The number of carbonyl (C=O) groups is 1. The van der Waals surface area contributed by atoms with Crippen LogP contribution in [0.25, 0.3) is 10.8 Å². The minimum Gasteiger partial charge on any atom is -0.423 e. The minimum absolute atomic E-state index is 0.0570. The molecule has 1 aliphatic heterocycles. The van der Waals surface area contributed by atoms with E-state index >= 15 is 0 Å². The number of allylic oxidation sites excluding steroid dienone is 2.